The number of rotatable bonds is 4. The van der Waals surface area contributed by atoms with E-state index >= 15 is 0 Å². The molecule has 0 fully saturated rings. The average molecular weight is 183 g/mol. The molecule has 0 saturated heterocycles. The van der Waals surface area contributed by atoms with E-state index in [1.807, 2.05) is 0 Å². The second-order valence-electron chi connectivity index (χ2n) is 3.02. The number of benzene rings is 1. The Bertz CT molecular complexity index is 276. The van der Waals surface area contributed by atoms with Crippen molar-refractivity contribution in [2.45, 2.75) is 19.3 Å². The lowest BCUT2D eigenvalue weighted by Gasteiger charge is -2.04. The van der Waals surface area contributed by atoms with Crippen LogP contribution in [-0.2, 0) is 6.42 Å². The van der Waals surface area contributed by atoms with Gasteiger partial charge in [-0.15, -0.1) is 0 Å². The Morgan fingerprint density at radius 2 is 2.08 bits per heavy atom. The molecule has 0 saturated carbocycles. The number of anilines is 1. The standard InChI is InChI=1S/C10H14FNO/c11-9-4-5-10(12)8(7-9)3-1-2-6-13/h4-5,7,13H,1-3,6,12H2. The summed E-state index contributed by atoms with van der Waals surface area (Å²) in [6.45, 7) is 0.176. The molecule has 0 heterocycles. The normalized spacial score (nSPS) is 10.3. The molecule has 1 aromatic carbocycles. The van der Waals surface area contributed by atoms with E-state index in [0.717, 1.165) is 24.8 Å². The topological polar surface area (TPSA) is 46.2 Å². The Morgan fingerprint density at radius 3 is 2.77 bits per heavy atom. The minimum absolute atomic E-state index is 0.176. The largest absolute Gasteiger partial charge is 0.399 e. The van der Waals surface area contributed by atoms with Crippen LogP contribution in [0.1, 0.15) is 18.4 Å². The van der Waals surface area contributed by atoms with Crippen molar-refractivity contribution < 1.29 is 9.50 Å². The SMILES string of the molecule is Nc1ccc(F)cc1CCCCO. The number of nitrogen functional groups attached to an aromatic ring is 1. The van der Waals surface area contributed by atoms with Crippen LogP contribution >= 0.6 is 0 Å². The predicted molar refractivity (Wildman–Crippen MR) is 50.8 cm³/mol. The van der Waals surface area contributed by atoms with Crippen molar-refractivity contribution in [2.75, 3.05) is 12.3 Å². The van der Waals surface area contributed by atoms with Crippen LogP contribution in [0.4, 0.5) is 10.1 Å². The summed E-state index contributed by atoms with van der Waals surface area (Å²) in [5.74, 6) is -0.256. The molecule has 0 aliphatic rings. The van der Waals surface area contributed by atoms with Gasteiger partial charge in [-0.05, 0) is 43.0 Å². The molecule has 1 rings (SSSR count). The molecule has 1 aromatic rings. The van der Waals surface area contributed by atoms with Gasteiger partial charge in [-0.2, -0.15) is 0 Å². The average Bonchev–Trinajstić information content (AvgIpc) is 2.11. The second kappa shape index (κ2) is 4.82. The number of hydrogen-bond acceptors (Lipinski definition) is 2. The van der Waals surface area contributed by atoms with Gasteiger partial charge < -0.3 is 10.8 Å². The van der Waals surface area contributed by atoms with Gasteiger partial charge in [-0.25, -0.2) is 4.39 Å². The maximum atomic E-state index is 12.8. The van der Waals surface area contributed by atoms with Gasteiger partial charge in [0, 0.05) is 12.3 Å². The lowest BCUT2D eigenvalue weighted by molar-refractivity contribution is 0.284. The molecule has 0 spiro atoms. The third-order valence-electron chi connectivity index (χ3n) is 1.96. The summed E-state index contributed by atoms with van der Waals surface area (Å²) in [6, 6.07) is 4.38. The third kappa shape index (κ3) is 3.03. The van der Waals surface area contributed by atoms with Crippen LogP contribution in [0, 0.1) is 5.82 Å². The highest BCUT2D eigenvalue weighted by Gasteiger charge is 2.00. The molecular weight excluding hydrogens is 169 g/mol. The number of aliphatic hydroxyl groups excluding tert-OH is 1. The maximum absolute atomic E-state index is 12.8. The smallest absolute Gasteiger partial charge is 0.123 e. The fraction of sp³-hybridized carbons (Fsp3) is 0.400. The monoisotopic (exact) mass is 183 g/mol. The highest BCUT2D eigenvalue weighted by atomic mass is 19.1. The van der Waals surface area contributed by atoms with Crippen LogP contribution in [0.2, 0.25) is 0 Å². The molecule has 0 aliphatic carbocycles. The van der Waals surface area contributed by atoms with Crippen LogP contribution in [0.15, 0.2) is 18.2 Å². The molecular formula is C10H14FNO. The first-order valence-electron chi connectivity index (χ1n) is 4.39. The predicted octanol–water partition coefficient (Wildman–Crippen LogP) is 1.72. The fourth-order valence-corrected chi connectivity index (χ4v) is 1.22. The quantitative estimate of drug-likeness (QED) is 0.551. The number of aliphatic hydroxyl groups is 1. The molecule has 0 unspecified atom stereocenters. The summed E-state index contributed by atoms with van der Waals surface area (Å²) in [6.07, 6.45) is 2.30. The molecule has 0 atom stereocenters. The van der Waals surface area contributed by atoms with Gasteiger partial charge in [0.25, 0.3) is 0 Å². The fourth-order valence-electron chi connectivity index (χ4n) is 1.22. The van der Waals surface area contributed by atoms with Crippen LogP contribution in [-0.4, -0.2) is 11.7 Å². The molecule has 3 N–H and O–H groups in total. The molecule has 3 heteroatoms. The van der Waals surface area contributed by atoms with E-state index in [4.69, 9.17) is 10.8 Å². The van der Waals surface area contributed by atoms with E-state index in [-0.39, 0.29) is 12.4 Å². The van der Waals surface area contributed by atoms with Crippen molar-refractivity contribution in [3.63, 3.8) is 0 Å². The molecule has 0 radical (unpaired) electrons. The van der Waals surface area contributed by atoms with E-state index in [0.29, 0.717) is 5.69 Å². The Hall–Kier alpha value is -1.09. The summed E-state index contributed by atoms with van der Waals surface area (Å²) in [5, 5.41) is 8.56. The Balaban J connectivity index is 2.59. The number of halogens is 1. The summed E-state index contributed by atoms with van der Waals surface area (Å²) in [4.78, 5) is 0. The lowest BCUT2D eigenvalue weighted by atomic mass is 10.1. The summed E-state index contributed by atoms with van der Waals surface area (Å²) in [7, 11) is 0. The molecule has 13 heavy (non-hydrogen) atoms. The third-order valence-corrected chi connectivity index (χ3v) is 1.96. The summed E-state index contributed by atoms with van der Waals surface area (Å²) in [5.41, 5.74) is 7.09. The Labute approximate surface area is 77.2 Å². The minimum Gasteiger partial charge on any atom is -0.399 e. The van der Waals surface area contributed by atoms with Gasteiger partial charge in [0.2, 0.25) is 0 Å². The first-order chi connectivity index (χ1) is 6.24. The lowest BCUT2D eigenvalue weighted by Crippen LogP contribution is -1.96. The number of aryl methyl sites for hydroxylation is 1. The zero-order valence-corrected chi connectivity index (χ0v) is 7.46. The van der Waals surface area contributed by atoms with Crippen LogP contribution in [0.25, 0.3) is 0 Å². The Kier molecular flexibility index (Phi) is 3.71. The van der Waals surface area contributed by atoms with Gasteiger partial charge >= 0.3 is 0 Å². The van der Waals surface area contributed by atoms with Gasteiger partial charge in [0.05, 0.1) is 0 Å². The first-order valence-corrected chi connectivity index (χ1v) is 4.39. The molecule has 0 bridgehead atoms. The van der Waals surface area contributed by atoms with Crippen molar-refractivity contribution in [1.29, 1.82) is 0 Å². The molecule has 0 aliphatic heterocycles. The van der Waals surface area contributed by atoms with Crippen molar-refractivity contribution >= 4 is 5.69 Å². The molecule has 0 aromatic heterocycles. The zero-order chi connectivity index (χ0) is 9.68. The van der Waals surface area contributed by atoms with E-state index in [1.54, 1.807) is 6.07 Å². The summed E-state index contributed by atoms with van der Waals surface area (Å²) >= 11 is 0. The van der Waals surface area contributed by atoms with E-state index < -0.39 is 0 Å². The molecule has 0 amide bonds. The van der Waals surface area contributed by atoms with Crippen molar-refractivity contribution in [1.82, 2.24) is 0 Å². The van der Waals surface area contributed by atoms with Crippen molar-refractivity contribution in [3.05, 3.63) is 29.6 Å². The van der Waals surface area contributed by atoms with Crippen molar-refractivity contribution in [2.24, 2.45) is 0 Å². The van der Waals surface area contributed by atoms with Crippen molar-refractivity contribution in [3.8, 4) is 0 Å². The highest BCUT2D eigenvalue weighted by molar-refractivity contribution is 5.46. The zero-order valence-electron chi connectivity index (χ0n) is 7.46. The molecule has 72 valence electrons. The maximum Gasteiger partial charge on any atom is 0.123 e. The van der Waals surface area contributed by atoms with E-state index in [2.05, 4.69) is 0 Å². The number of unbranched alkanes of at least 4 members (excludes halogenated alkanes) is 1. The van der Waals surface area contributed by atoms with E-state index in [1.165, 1.54) is 12.1 Å². The Morgan fingerprint density at radius 1 is 1.31 bits per heavy atom. The van der Waals surface area contributed by atoms with Gasteiger partial charge in [0.15, 0.2) is 0 Å². The van der Waals surface area contributed by atoms with Gasteiger partial charge in [-0.1, -0.05) is 0 Å². The van der Waals surface area contributed by atoms with Crippen LogP contribution < -0.4 is 5.73 Å². The van der Waals surface area contributed by atoms with Crippen LogP contribution in [0.5, 0.6) is 0 Å². The van der Waals surface area contributed by atoms with Gasteiger partial charge in [-0.3, -0.25) is 0 Å². The second-order valence-corrected chi connectivity index (χ2v) is 3.02. The van der Waals surface area contributed by atoms with Crippen LogP contribution in [0.3, 0.4) is 0 Å². The number of hydrogen-bond donors (Lipinski definition) is 2. The highest BCUT2D eigenvalue weighted by Crippen LogP contribution is 2.15. The first kappa shape index (κ1) is 9.99. The summed E-state index contributed by atoms with van der Waals surface area (Å²) < 4.78 is 12.8. The number of nitrogens with two attached hydrogens (primary N) is 1. The minimum atomic E-state index is -0.256. The molecule has 2 nitrogen and oxygen atoms in total. The van der Waals surface area contributed by atoms with E-state index in [9.17, 15) is 4.39 Å². The van der Waals surface area contributed by atoms with Gasteiger partial charge in [0.1, 0.15) is 5.82 Å².